The molecule has 1 heterocycles. The van der Waals surface area contributed by atoms with Crippen LogP contribution in [0, 0.1) is 6.92 Å². The summed E-state index contributed by atoms with van der Waals surface area (Å²) < 4.78 is 2.79. The van der Waals surface area contributed by atoms with Gasteiger partial charge >= 0.3 is 0 Å². The molecular formula is C17H18S. The van der Waals surface area contributed by atoms with E-state index < -0.39 is 0 Å². The Kier molecular flexibility index (Phi) is 2.49. The van der Waals surface area contributed by atoms with Crippen molar-refractivity contribution >= 4 is 31.5 Å². The predicted octanol–water partition coefficient (Wildman–Crippen LogP) is 5.66. The molecule has 3 aromatic rings. The van der Waals surface area contributed by atoms with Crippen molar-refractivity contribution in [3.8, 4) is 0 Å². The van der Waals surface area contributed by atoms with Gasteiger partial charge in [0.15, 0.2) is 0 Å². The molecule has 0 spiro atoms. The molecule has 0 saturated carbocycles. The van der Waals surface area contributed by atoms with E-state index in [4.69, 9.17) is 0 Å². The van der Waals surface area contributed by atoms with Crippen molar-refractivity contribution in [1.29, 1.82) is 0 Å². The molecule has 1 heteroatoms. The maximum atomic E-state index is 2.38. The van der Waals surface area contributed by atoms with Gasteiger partial charge in [-0.15, -0.1) is 11.3 Å². The summed E-state index contributed by atoms with van der Waals surface area (Å²) in [5.74, 6) is 0. The fraction of sp³-hybridized carbons (Fsp3) is 0.294. The molecule has 0 aliphatic rings. The highest BCUT2D eigenvalue weighted by Crippen LogP contribution is 2.37. The first-order valence-electron chi connectivity index (χ1n) is 6.39. The van der Waals surface area contributed by atoms with E-state index in [0.717, 1.165) is 0 Å². The Balaban J connectivity index is 2.42. The average molecular weight is 254 g/mol. The minimum atomic E-state index is 0.213. The highest BCUT2D eigenvalue weighted by Gasteiger charge is 2.15. The van der Waals surface area contributed by atoms with Gasteiger partial charge in [0.1, 0.15) is 0 Å². The zero-order valence-corrected chi connectivity index (χ0v) is 12.2. The molecule has 0 N–H and O–H groups in total. The van der Waals surface area contributed by atoms with Gasteiger partial charge < -0.3 is 0 Å². The molecule has 92 valence electrons. The van der Waals surface area contributed by atoms with E-state index in [1.165, 1.54) is 31.3 Å². The number of benzene rings is 2. The van der Waals surface area contributed by atoms with Crippen LogP contribution in [0.25, 0.3) is 20.2 Å². The Morgan fingerprint density at radius 1 is 0.944 bits per heavy atom. The van der Waals surface area contributed by atoms with Crippen molar-refractivity contribution < 1.29 is 0 Å². The number of rotatable bonds is 0. The minimum Gasteiger partial charge on any atom is -0.135 e. The molecule has 3 rings (SSSR count). The van der Waals surface area contributed by atoms with Crippen LogP contribution in [0.1, 0.15) is 31.9 Å². The van der Waals surface area contributed by atoms with Gasteiger partial charge in [-0.3, -0.25) is 0 Å². The fourth-order valence-electron chi connectivity index (χ4n) is 2.47. The quantitative estimate of drug-likeness (QED) is 0.485. The molecule has 0 nitrogen and oxygen atoms in total. The van der Waals surface area contributed by atoms with Gasteiger partial charge in [0, 0.05) is 20.2 Å². The lowest BCUT2D eigenvalue weighted by molar-refractivity contribution is 0.591. The van der Waals surface area contributed by atoms with Gasteiger partial charge in [0.05, 0.1) is 0 Å². The third kappa shape index (κ3) is 1.74. The van der Waals surface area contributed by atoms with Gasteiger partial charge in [-0.05, 0) is 41.7 Å². The molecule has 18 heavy (non-hydrogen) atoms. The summed E-state index contributed by atoms with van der Waals surface area (Å²) in [6, 6.07) is 13.5. The summed E-state index contributed by atoms with van der Waals surface area (Å²) in [5.41, 5.74) is 3.01. The molecule has 0 fully saturated rings. The predicted molar refractivity (Wildman–Crippen MR) is 82.8 cm³/mol. The van der Waals surface area contributed by atoms with Crippen LogP contribution in [0.3, 0.4) is 0 Å². The van der Waals surface area contributed by atoms with Crippen LogP contribution >= 0.6 is 11.3 Å². The maximum absolute atomic E-state index is 2.38. The van der Waals surface area contributed by atoms with Crippen LogP contribution in [0.5, 0.6) is 0 Å². The average Bonchev–Trinajstić information content (AvgIpc) is 2.66. The van der Waals surface area contributed by atoms with Crippen molar-refractivity contribution in [2.24, 2.45) is 0 Å². The van der Waals surface area contributed by atoms with Gasteiger partial charge in [-0.25, -0.2) is 0 Å². The Labute approximate surface area is 112 Å². The molecule has 1 aromatic heterocycles. The molecule has 0 amide bonds. The summed E-state index contributed by atoms with van der Waals surface area (Å²) in [7, 11) is 0. The van der Waals surface area contributed by atoms with E-state index in [-0.39, 0.29) is 5.41 Å². The first-order chi connectivity index (χ1) is 8.47. The van der Waals surface area contributed by atoms with Crippen molar-refractivity contribution in [3.63, 3.8) is 0 Å². The fourth-order valence-corrected chi connectivity index (χ4v) is 3.63. The molecular weight excluding hydrogens is 236 g/mol. The first-order valence-corrected chi connectivity index (χ1v) is 7.21. The molecule has 0 aliphatic heterocycles. The minimum absolute atomic E-state index is 0.213. The van der Waals surface area contributed by atoms with Gasteiger partial charge in [0.25, 0.3) is 0 Å². The van der Waals surface area contributed by atoms with E-state index in [1.807, 2.05) is 11.3 Å². The second-order valence-electron chi connectivity index (χ2n) is 6.01. The molecule has 0 unspecified atom stereocenters. The van der Waals surface area contributed by atoms with E-state index in [1.54, 1.807) is 0 Å². The number of aryl methyl sites for hydroxylation is 1. The Bertz CT molecular complexity index is 726. The van der Waals surface area contributed by atoms with Gasteiger partial charge in [-0.1, -0.05) is 39.0 Å². The largest absolute Gasteiger partial charge is 0.135 e. The van der Waals surface area contributed by atoms with E-state index in [2.05, 4.69) is 64.1 Å². The smallest absolute Gasteiger partial charge is 0.0358 e. The highest BCUT2D eigenvalue weighted by atomic mass is 32.1. The standard InChI is InChI=1S/C17H18S/c1-11-6-5-7-15-16(11)13-10-12(17(2,3)4)8-9-14(13)18-15/h5-10H,1-4H3. The zero-order valence-electron chi connectivity index (χ0n) is 11.4. The van der Waals surface area contributed by atoms with E-state index in [9.17, 15) is 0 Å². The lowest BCUT2D eigenvalue weighted by Crippen LogP contribution is -2.10. The van der Waals surface area contributed by atoms with Crippen LogP contribution in [0.4, 0.5) is 0 Å². The SMILES string of the molecule is Cc1cccc2sc3ccc(C(C)(C)C)cc3c12. The second kappa shape index (κ2) is 3.83. The van der Waals surface area contributed by atoms with E-state index in [0.29, 0.717) is 0 Å². The maximum Gasteiger partial charge on any atom is 0.0358 e. The normalized spacial score (nSPS) is 12.4. The van der Waals surface area contributed by atoms with Crippen molar-refractivity contribution in [3.05, 3.63) is 47.5 Å². The zero-order chi connectivity index (χ0) is 12.9. The molecule has 0 aliphatic carbocycles. The van der Waals surface area contributed by atoms with E-state index >= 15 is 0 Å². The Morgan fingerprint density at radius 3 is 2.44 bits per heavy atom. The summed E-state index contributed by atoms with van der Waals surface area (Å²) in [6.45, 7) is 9.03. The summed E-state index contributed by atoms with van der Waals surface area (Å²) in [4.78, 5) is 0. The summed E-state index contributed by atoms with van der Waals surface area (Å²) >= 11 is 1.90. The highest BCUT2D eigenvalue weighted by molar-refractivity contribution is 7.25. The van der Waals surface area contributed by atoms with Gasteiger partial charge in [0.2, 0.25) is 0 Å². The Hall–Kier alpha value is -1.34. The number of fused-ring (bicyclic) bond motifs is 3. The molecule has 2 aromatic carbocycles. The third-order valence-electron chi connectivity index (χ3n) is 3.57. The van der Waals surface area contributed by atoms with Crippen LogP contribution < -0.4 is 0 Å². The first kappa shape index (κ1) is 11.7. The van der Waals surface area contributed by atoms with Crippen molar-refractivity contribution in [2.45, 2.75) is 33.1 Å². The van der Waals surface area contributed by atoms with Crippen LogP contribution in [-0.4, -0.2) is 0 Å². The third-order valence-corrected chi connectivity index (χ3v) is 4.71. The number of thiophene rings is 1. The number of hydrogen-bond acceptors (Lipinski definition) is 1. The lowest BCUT2D eigenvalue weighted by atomic mass is 9.86. The summed E-state index contributed by atoms with van der Waals surface area (Å²) in [6.07, 6.45) is 0. The van der Waals surface area contributed by atoms with Crippen LogP contribution in [0.15, 0.2) is 36.4 Å². The van der Waals surface area contributed by atoms with Crippen LogP contribution in [0.2, 0.25) is 0 Å². The van der Waals surface area contributed by atoms with Gasteiger partial charge in [-0.2, -0.15) is 0 Å². The monoisotopic (exact) mass is 254 g/mol. The van der Waals surface area contributed by atoms with Crippen molar-refractivity contribution in [2.75, 3.05) is 0 Å². The molecule has 0 atom stereocenters. The molecule has 0 radical (unpaired) electrons. The topological polar surface area (TPSA) is 0 Å². The second-order valence-corrected chi connectivity index (χ2v) is 7.09. The summed E-state index contributed by atoms with van der Waals surface area (Å²) in [5, 5.41) is 2.85. The lowest BCUT2D eigenvalue weighted by Gasteiger charge is -2.19. The van der Waals surface area contributed by atoms with Crippen LogP contribution in [-0.2, 0) is 5.41 Å². The molecule has 0 saturated heterocycles. The van der Waals surface area contributed by atoms with Crippen molar-refractivity contribution in [1.82, 2.24) is 0 Å². The Morgan fingerprint density at radius 2 is 1.72 bits per heavy atom. The number of hydrogen-bond donors (Lipinski definition) is 0. The molecule has 0 bridgehead atoms.